The fraction of sp³-hybridized carbons (Fsp3) is 0. The second-order valence-electron chi connectivity index (χ2n) is 10.8. The third-order valence-electron chi connectivity index (χ3n) is 8.52. The Kier molecular flexibility index (Phi) is 5.81. The number of fused-ring (bicyclic) bond motifs is 5. The standard InChI is InChI=1S/C40H27OP/c41-42(32-15-2-1-3-16-32,39-20-10-14-28-11-5-8-18-35(28)39)33-24-21-30(22-25-33)40-36-19-9-6-13-31(36)27-38-34-17-7-4-12-29(34)23-26-37(38)40/h1-27H. The van der Waals surface area contributed by atoms with E-state index in [1.165, 1.54) is 37.9 Å². The van der Waals surface area contributed by atoms with Gasteiger partial charge in [-0.05, 0) is 60.3 Å². The van der Waals surface area contributed by atoms with Crippen LogP contribution in [0.15, 0.2) is 164 Å². The van der Waals surface area contributed by atoms with Crippen LogP contribution in [0.2, 0.25) is 0 Å². The molecule has 0 bridgehead atoms. The molecule has 8 rings (SSSR count). The molecule has 2 heteroatoms. The first-order valence-corrected chi connectivity index (χ1v) is 16.0. The maximum atomic E-state index is 15.5. The van der Waals surface area contributed by atoms with E-state index in [0.717, 1.165) is 32.2 Å². The zero-order valence-electron chi connectivity index (χ0n) is 22.9. The van der Waals surface area contributed by atoms with E-state index in [2.05, 4.69) is 109 Å². The Balaban J connectivity index is 1.37. The van der Waals surface area contributed by atoms with Crippen molar-refractivity contribution in [1.82, 2.24) is 0 Å². The molecular formula is C40H27OP. The highest BCUT2D eigenvalue weighted by Gasteiger charge is 2.31. The molecular weight excluding hydrogens is 527 g/mol. The number of benzene rings is 8. The summed E-state index contributed by atoms with van der Waals surface area (Å²) in [5.41, 5.74) is 2.33. The summed E-state index contributed by atoms with van der Waals surface area (Å²) in [6.45, 7) is 0. The van der Waals surface area contributed by atoms with E-state index in [4.69, 9.17) is 0 Å². The van der Waals surface area contributed by atoms with Crippen molar-refractivity contribution in [1.29, 1.82) is 0 Å². The molecule has 198 valence electrons. The molecule has 0 heterocycles. The SMILES string of the molecule is O=P(c1ccccc1)(c1ccc(-c2c3ccccc3cc3c2ccc2ccccc23)cc1)c1cccc2ccccc12. The monoisotopic (exact) mass is 554 g/mol. The predicted octanol–water partition coefficient (Wildman–Crippen LogP) is 9.61. The lowest BCUT2D eigenvalue weighted by molar-refractivity contribution is 0.592. The summed E-state index contributed by atoms with van der Waals surface area (Å²) in [4.78, 5) is 0. The highest BCUT2D eigenvalue weighted by Crippen LogP contribution is 2.45. The molecule has 42 heavy (non-hydrogen) atoms. The van der Waals surface area contributed by atoms with Gasteiger partial charge in [0.1, 0.15) is 0 Å². The molecule has 0 N–H and O–H groups in total. The van der Waals surface area contributed by atoms with Crippen LogP contribution in [0.5, 0.6) is 0 Å². The van der Waals surface area contributed by atoms with Gasteiger partial charge in [-0.2, -0.15) is 0 Å². The van der Waals surface area contributed by atoms with Crippen molar-refractivity contribution in [2.24, 2.45) is 0 Å². The van der Waals surface area contributed by atoms with Crippen LogP contribution in [-0.4, -0.2) is 0 Å². The van der Waals surface area contributed by atoms with Crippen LogP contribution in [-0.2, 0) is 4.57 Å². The number of hydrogen-bond donors (Lipinski definition) is 0. The summed E-state index contributed by atoms with van der Waals surface area (Å²) in [7, 11) is -3.16. The van der Waals surface area contributed by atoms with E-state index >= 15 is 4.57 Å². The summed E-state index contributed by atoms with van der Waals surface area (Å²) in [5, 5.41) is 12.1. The normalized spacial score (nSPS) is 13.0. The fourth-order valence-corrected chi connectivity index (χ4v) is 9.37. The van der Waals surface area contributed by atoms with E-state index in [-0.39, 0.29) is 0 Å². The van der Waals surface area contributed by atoms with Gasteiger partial charge in [-0.15, -0.1) is 0 Å². The Morgan fingerprint density at radius 1 is 0.357 bits per heavy atom. The summed E-state index contributed by atoms with van der Waals surface area (Å²) in [6, 6.07) is 56.8. The van der Waals surface area contributed by atoms with Crippen molar-refractivity contribution in [3.05, 3.63) is 164 Å². The molecule has 1 unspecified atom stereocenters. The maximum absolute atomic E-state index is 15.5. The molecule has 0 aliphatic heterocycles. The summed E-state index contributed by atoms with van der Waals surface area (Å²) < 4.78 is 15.5. The lowest BCUT2D eigenvalue weighted by atomic mass is 9.90. The topological polar surface area (TPSA) is 17.1 Å². The first-order chi connectivity index (χ1) is 20.7. The van der Waals surface area contributed by atoms with Gasteiger partial charge in [0.05, 0.1) is 0 Å². The highest BCUT2D eigenvalue weighted by molar-refractivity contribution is 7.85. The predicted molar refractivity (Wildman–Crippen MR) is 181 cm³/mol. The molecule has 0 saturated heterocycles. The van der Waals surface area contributed by atoms with Gasteiger partial charge in [0.2, 0.25) is 0 Å². The molecule has 0 aliphatic carbocycles. The van der Waals surface area contributed by atoms with Crippen molar-refractivity contribution < 1.29 is 4.57 Å². The molecule has 0 spiro atoms. The molecule has 0 amide bonds. The summed E-state index contributed by atoms with van der Waals surface area (Å²) in [6.07, 6.45) is 0. The van der Waals surface area contributed by atoms with Gasteiger partial charge in [0.15, 0.2) is 7.14 Å². The maximum Gasteiger partial charge on any atom is 0.171 e. The van der Waals surface area contributed by atoms with Gasteiger partial charge in [0.25, 0.3) is 0 Å². The minimum atomic E-state index is -3.16. The molecule has 0 aromatic heterocycles. The van der Waals surface area contributed by atoms with Crippen molar-refractivity contribution in [3.63, 3.8) is 0 Å². The first-order valence-electron chi connectivity index (χ1n) is 14.3. The van der Waals surface area contributed by atoms with Crippen molar-refractivity contribution in [2.75, 3.05) is 0 Å². The van der Waals surface area contributed by atoms with Crippen LogP contribution in [0.4, 0.5) is 0 Å². The van der Waals surface area contributed by atoms with E-state index < -0.39 is 7.14 Å². The summed E-state index contributed by atoms with van der Waals surface area (Å²) >= 11 is 0. The first kappa shape index (κ1) is 24.8. The molecule has 1 atom stereocenters. The second kappa shape index (κ2) is 9.84. The van der Waals surface area contributed by atoms with Crippen LogP contribution in [0.25, 0.3) is 54.2 Å². The average Bonchev–Trinajstić information content (AvgIpc) is 3.07. The Morgan fingerprint density at radius 3 is 1.69 bits per heavy atom. The van der Waals surface area contributed by atoms with Crippen molar-refractivity contribution in [2.45, 2.75) is 0 Å². The number of hydrogen-bond acceptors (Lipinski definition) is 1. The molecule has 0 fully saturated rings. The Morgan fingerprint density at radius 2 is 0.929 bits per heavy atom. The second-order valence-corrected chi connectivity index (χ2v) is 13.6. The quantitative estimate of drug-likeness (QED) is 0.120. The van der Waals surface area contributed by atoms with Gasteiger partial charge >= 0.3 is 0 Å². The molecule has 0 radical (unpaired) electrons. The molecule has 8 aromatic rings. The molecule has 8 aromatic carbocycles. The smallest absolute Gasteiger partial charge is 0.171 e. The van der Waals surface area contributed by atoms with Gasteiger partial charge < -0.3 is 4.57 Å². The van der Waals surface area contributed by atoms with E-state index in [0.29, 0.717) is 0 Å². The van der Waals surface area contributed by atoms with Crippen LogP contribution < -0.4 is 15.9 Å². The minimum Gasteiger partial charge on any atom is -0.309 e. The molecule has 1 nitrogen and oxygen atoms in total. The average molecular weight is 555 g/mol. The fourth-order valence-electron chi connectivity index (χ4n) is 6.52. The van der Waals surface area contributed by atoms with Crippen molar-refractivity contribution >= 4 is 66.1 Å². The zero-order valence-corrected chi connectivity index (χ0v) is 23.8. The van der Waals surface area contributed by atoms with Crippen LogP contribution >= 0.6 is 7.14 Å². The number of rotatable bonds is 4. The third kappa shape index (κ3) is 3.82. The summed E-state index contributed by atoms with van der Waals surface area (Å²) in [5.74, 6) is 0. The van der Waals surface area contributed by atoms with Crippen LogP contribution in [0.3, 0.4) is 0 Å². The minimum absolute atomic E-state index is 0.837. The van der Waals surface area contributed by atoms with Crippen LogP contribution in [0, 0.1) is 0 Å². The lowest BCUT2D eigenvalue weighted by Crippen LogP contribution is -2.25. The largest absolute Gasteiger partial charge is 0.309 e. The molecule has 0 aliphatic rings. The zero-order chi connectivity index (χ0) is 28.1. The van der Waals surface area contributed by atoms with Crippen molar-refractivity contribution in [3.8, 4) is 11.1 Å². The van der Waals surface area contributed by atoms with Gasteiger partial charge in [-0.25, -0.2) is 0 Å². The Labute approximate surface area is 245 Å². The Bertz CT molecular complexity index is 2310. The van der Waals surface area contributed by atoms with Gasteiger partial charge in [-0.1, -0.05) is 158 Å². The van der Waals surface area contributed by atoms with E-state index in [1.54, 1.807) is 0 Å². The van der Waals surface area contributed by atoms with E-state index in [1.807, 2.05) is 54.6 Å². The van der Waals surface area contributed by atoms with Crippen LogP contribution in [0.1, 0.15) is 0 Å². The van der Waals surface area contributed by atoms with Gasteiger partial charge in [0, 0.05) is 15.9 Å². The lowest BCUT2D eigenvalue weighted by Gasteiger charge is -2.22. The molecule has 0 saturated carbocycles. The third-order valence-corrected chi connectivity index (χ3v) is 11.6. The highest BCUT2D eigenvalue weighted by atomic mass is 31.2. The van der Waals surface area contributed by atoms with E-state index in [9.17, 15) is 0 Å². The van der Waals surface area contributed by atoms with Gasteiger partial charge in [-0.3, -0.25) is 0 Å². The Hall–Kier alpha value is -4.97.